The highest BCUT2D eigenvalue weighted by atomic mass is 16.3. The number of carbonyl (C=O) groups excluding carboxylic acids is 1. The van der Waals surface area contributed by atoms with Crippen molar-refractivity contribution in [1.82, 2.24) is 4.90 Å². The molecule has 0 spiro atoms. The number of aliphatic hydroxyl groups is 1. The van der Waals surface area contributed by atoms with Crippen LogP contribution in [0.25, 0.3) is 0 Å². The topological polar surface area (TPSA) is 40.5 Å². The van der Waals surface area contributed by atoms with Crippen LogP contribution in [-0.4, -0.2) is 35.1 Å². The molecule has 1 rings (SSSR count). The fourth-order valence-electron chi connectivity index (χ4n) is 1.97. The van der Waals surface area contributed by atoms with Crippen molar-refractivity contribution >= 4 is 5.91 Å². The molecular weight excluding hydrogens is 214 g/mol. The normalized spacial score (nSPS) is 20.8. The van der Waals surface area contributed by atoms with Gasteiger partial charge in [0.2, 0.25) is 5.91 Å². The van der Waals surface area contributed by atoms with Crippen LogP contribution in [0.2, 0.25) is 0 Å². The van der Waals surface area contributed by atoms with E-state index >= 15 is 0 Å². The number of carbonyl (C=O) groups is 1. The van der Waals surface area contributed by atoms with Crippen molar-refractivity contribution in [3.05, 3.63) is 12.2 Å². The summed E-state index contributed by atoms with van der Waals surface area (Å²) >= 11 is 0. The van der Waals surface area contributed by atoms with E-state index in [1.54, 1.807) is 4.90 Å². The molecule has 0 aromatic heterocycles. The zero-order chi connectivity index (χ0) is 12.9. The van der Waals surface area contributed by atoms with Gasteiger partial charge in [0.15, 0.2) is 0 Å². The van der Waals surface area contributed by atoms with Crippen LogP contribution in [0.3, 0.4) is 0 Å². The molecule has 1 fully saturated rings. The van der Waals surface area contributed by atoms with Gasteiger partial charge >= 0.3 is 0 Å². The molecule has 1 aliphatic heterocycles. The standard InChI is InChI=1S/C14H21NO2/c1-4-5-6-8-14(2,3)10-13(17)15-9-7-12(16)11-15/h1,6,8,12,16H,5,7,9-11H2,2-3H3/b8-6-. The largest absolute Gasteiger partial charge is 0.391 e. The Bertz CT molecular complexity index is 339. The zero-order valence-electron chi connectivity index (χ0n) is 10.6. The lowest BCUT2D eigenvalue weighted by Gasteiger charge is -2.23. The average molecular weight is 235 g/mol. The van der Waals surface area contributed by atoms with E-state index in [9.17, 15) is 9.90 Å². The van der Waals surface area contributed by atoms with Crippen LogP contribution in [0.15, 0.2) is 12.2 Å². The van der Waals surface area contributed by atoms with Crippen molar-refractivity contribution < 1.29 is 9.90 Å². The molecule has 0 saturated carbocycles. The zero-order valence-corrected chi connectivity index (χ0v) is 10.6. The monoisotopic (exact) mass is 235 g/mol. The summed E-state index contributed by atoms with van der Waals surface area (Å²) in [5.74, 6) is 2.65. The van der Waals surface area contributed by atoms with E-state index in [1.807, 2.05) is 26.0 Å². The summed E-state index contributed by atoms with van der Waals surface area (Å²) in [5, 5.41) is 9.39. The van der Waals surface area contributed by atoms with Gasteiger partial charge in [-0.3, -0.25) is 4.79 Å². The first-order chi connectivity index (χ1) is 7.94. The molecular formula is C14H21NO2. The third kappa shape index (κ3) is 4.62. The molecule has 0 bridgehead atoms. The Hall–Kier alpha value is -1.27. The van der Waals surface area contributed by atoms with Crippen molar-refractivity contribution in [3.63, 3.8) is 0 Å². The molecule has 1 N–H and O–H groups in total. The lowest BCUT2D eigenvalue weighted by molar-refractivity contribution is -0.132. The van der Waals surface area contributed by atoms with E-state index in [0.29, 0.717) is 32.4 Å². The fourth-order valence-corrected chi connectivity index (χ4v) is 1.97. The fraction of sp³-hybridized carbons (Fsp3) is 0.643. The summed E-state index contributed by atoms with van der Waals surface area (Å²) in [6.07, 6.45) is 10.5. The van der Waals surface area contributed by atoms with E-state index in [4.69, 9.17) is 6.42 Å². The van der Waals surface area contributed by atoms with Gasteiger partial charge in [0.25, 0.3) is 0 Å². The first kappa shape index (κ1) is 13.8. The van der Waals surface area contributed by atoms with Gasteiger partial charge in [-0.1, -0.05) is 26.0 Å². The van der Waals surface area contributed by atoms with Gasteiger partial charge in [0.1, 0.15) is 0 Å². The lowest BCUT2D eigenvalue weighted by Crippen LogP contribution is -2.32. The number of rotatable bonds is 4. The summed E-state index contributed by atoms with van der Waals surface area (Å²) in [6, 6.07) is 0. The second kappa shape index (κ2) is 5.88. The molecule has 17 heavy (non-hydrogen) atoms. The summed E-state index contributed by atoms with van der Waals surface area (Å²) in [7, 11) is 0. The second-order valence-electron chi connectivity index (χ2n) is 5.26. The van der Waals surface area contributed by atoms with E-state index < -0.39 is 0 Å². The maximum atomic E-state index is 12.0. The van der Waals surface area contributed by atoms with Crippen molar-refractivity contribution in [2.45, 2.75) is 39.2 Å². The van der Waals surface area contributed by atoms with E-state index in [2.05, 4.69) is 5.92 Å². The number of aliphatic hydroxyl groups excluding tert-OH is 1. The number of β-amino-alcohol motifs (C(OH)–C–C–N with tert-alkyl or cyclic N) is 1. The Balaban J connectivity index is 2.47. The Morgan fingerprint density at radius 1 is 1.65 bits per heavy atom. The highest BCUT2D eigenvalue weighted by molar-refractivity contribution is 5.77. The van der Waals surface area contributed by atoms with Crippen LogP contribution in [0.5, 0.6) is 0 Å². The van der Waals surface area contributed by atoms with Crippen molar-refractivity contribution in [3.8, 4) is 12.3 Å². The van der Waals surface area contributed by atoms with Crippen molar-refractivity contribution in [2.75, 3.05) is 13.1 Å². The highest BCUT2D eigenvalue weighted by Crippen LogP contribution is 2.24. The Morgan fingerprint density at radius 2 is 2.35 bits per heavy atom. The number of nitrogens with zero attached hydrogens (tertiary/aromatic N) is 1. The number of terminal acetylenes is 1. The van der Waals surface area contributed by atoms with Gasteiger partial charge in [0, 0.05) is 25.9 Å². The van der Waals surface area contributed by atoms with Gasteiger partial charge in [-0.2, -0.15) is 0 Å². The molecule has 0 aromatic carbocycles. The predicted octanol–water partition coefficient (Wildman–Crippen LogP) is 1.58. The summed E-state index contributed by atoms with van der Waals surface area (Å²) in [5.41, 5.74) is -0.179. The maximum absolute atomic E-state index is 12.0. The molecule has 3 heteroatoms. The molecule has 1 saturated heterocycles. The Labute approximate surface area is 104 Å². The predicted molar refractivity (Wildman–Crippen MR) is 68.2 cm³/mol. The van der Waals surface area contributed by atoms with Gasteiger partial charge in [0.05, 0.1) is 6.10 Å². The number of hydrogen-bond acceptors (Lipinski definition) is 2. The minimum atomic E-state index is -0.348. The van der Waals surface area contributed by atoms with E-state index in [0.717, 1.165) is 0 Å². The molecule has 1 heterocycles. The molecule has 1 unspecified atom stereocenters. The van der Waals surface area contributed by atoms with Crippen LogP contribution in [0, 0.1) is 17.8 Å². The third-order valence-electron chi connectivity index (χ3n) is 2.93. The minimum absolute atomic E-state index is 0.108. The van der Waals surface area contributed by atoms with Crippen molar-refractivity contribution in [1.29, 1.82) is 0 Å². The van der Waals surface area contributed by atoms with Crippen LogP contribution in [0.4, 0.5) is 0 Å². The molecule has 1 atom stereocenters. The average Bonchev–Trinajstić information content (AvgIpc) is 2.64. The number of likely N-dealkylation sites (tertiary alicyclic amines) is 1. The second-order valence-corrected chi connectivity index (χ2v) is 5.26. The first-order valence-corrected chi connectivity index (χ1v) is 6.01. The van der Waals surface area contributed by atoms with E-state index in [-0.39, 0.29) is 17.4 Å². The number of amides is 1. The summed E-state index contributed by atoms with van der Waals surface area (Å²) in [4.78, 5) is 13.7. The smallest absolute Gasteiger partial charge is 0.223 e. The molecule has 3 nitrogen and oxygen atoms in total. The SMILES string of the molecule is C#CC/C=C\C(C)(C)CC(=O)N1CCC(O)C1. The molecule has 1 aliphatic rings. The maximum Gasteiger partial charge on any atom is 0.223 e. The van der Waals surface area contributed by atoms with Crippen LogP contribution >= 0.6 is 0 Å². The van der Waals surface area contributed by atoms with Crippen LogP contribution in [0.1, 0.15) is 33.1 Å². The van der Waals surface area contributed by atoms with E-state index in [1.165, 1.54) is 0 Å². The molecule has 94 valence electrons. The molecule has 1 amide bonds. The minimum Gasteiger partial charge on any atom is -0.391 e. The van der Waals surface area contributed by atoms with Gasteiger partial charge in [-0.15, -0.1) is 12.3 Å². The highest BCUT2D eigenvalue weighted by Gasteiger charge is 2.28. The Morgan fingerprint density at radius 3 is 2.88 bits per heavy atom. The number of hydrogen-bond donors (Lipinski definition) is 1. The lowest BCUT2D eigenvalue weighted by atomic mass is 9.88. The summed E-state index contributed by atoms with van der Waals surface area (Å²) in [6.45, 7) is 5.18. The van der Waals surface area contributed by atoms with Gasteiger partial charge in [-0.25, -0.2) is 0 Å². The van der Waals surface area contributed by atoms with Gasteiger partial charge < -0.3 is 10.0 Å². The molecule has 0 radical (unpaired) electrons. The van der Waals surface area contributed by atoms with Crippen LogP contribution in [-0.2, 0) is 4.79 Å². The molecule has 0 aliphatic carbocycles. The summed E-state index contributed by atoms with van der Waals surface area (Å²) < 4.78 is 0. The quantitative estimate of drug-likeness (QED) is 0.593. The Kier molecular flexibility index (Phi) is 4.77. The van der Waals surface area contributed by atoms with Crippen molar-refractivity contribution in [2.24, 2.45) is 5.41 Å². The number of allylic oxidation sites excluding steroid dienone is 2. The molecule has 0 aromatic rings. The third-order valence-corrected chi connectivity index (χ3v) is 2.93. The van der Waals surface area contributed by atoms with Gasteiger partial charge in [-0.05, 0) is 11.8 Å². The van der Waals surface area contributed by atoms with Crippen LogP contribution < -0.4 is 0 Å². The first-order valence-electron chi connectivity index (χ1n) is 6.01.